The molecule has 0 aliphatic heterocycles. The molecule has 13 heteroatoms. The second-order valence-corrected chi connectivity index (χ2v) is 5.45. The summed E-state index contributed by atoms with van der Waals surface area (Å²) in [5, 5.41) is 16.2. The summed E-state index contributed by atoms with van der Waals surface area (Å²) in [6.07, 6.45) is -3.62. The van der Waals surface area contributed by atoms with E-state index < -0.39 is 30.3 Å². The molecule has 0 aliphatic carbocycles. The Labute approximate surface area is 144 Å². The van der Waals surface area contributed by atoms with E-state index in [9.17, 15) is 22.8 Å². The number of aliphatic carboxylic acids is 2. The SMILES string of the molecule is Cn1c(=O)n(CC(=O)O)c2c(Cl)c(Br)cnc21.O=C(O)C(F)(F)F. The Kier molecular flexibility index (Phi) is 6.00. The topological polar surface area (TPSA) is 114 Å². The maximum atomic E-state index is 11.8. The lowest BCUT2D eigenvalue weighted by atomic mass is 10.4. The zero-order valence-corrected chi connectivity index (χ0v) is 14.0. The van der Waals surface area contributed by atoms with Gasteiger partial charge in [0, 0.05) is 13.2 Å². The number of hydrogen-bond donors (Lipinski definition) is 2. The molecule has 0 radical (unpaired) electrons. The van der Waals surface area contributed by atoms with Gasteiger partial charge >= 0.3 is 23.8 Å². The molecule has 0 bridgehead atoms. The molecule has 2 heterocycles. The van der Waals surface area contributed by atoms with Crippen molar-refractivity contribution in [3.8, 4) is 0 Å². The third-order valence-corrected chi connectivity index (χ3v) is 3.78. The van der Waals surface area contributed by atoms with E-state index in [1.165, 1.54) is 17.8 Å². The molecule has 0 aliphatic rings. The summed E-state index contributed by atoms with van der Waals surface area (Å²) < 4.78 is 34.6. The van der Waals surface area contributed by atoms with Crippen LogP contribution in [0.2, 0.25) is 5.02 Å². The fourth-order valence-electron chi connectivity index (χ4n) is 1.58. The molecule has 2 aromatic heterocycles. The number of carboxylic acid groups (broad SMARTS) is 2. The quantitative estimate of drug-likeness (QED) is 0.746. The van der Waals surface area contributed by atoms with Crippen LogP contribution in [0.3, 0.4) is 0 Å². The standard InChI is InChI=1S/C9H7BrClN3O3.C2HF3O2/c1-13-8-7(6(11)4(10)2-12-8)14(9(13)17)3-5(15)16;3-2(4,5)1(6)7/h2H,3H2,1H3,(H,15,16);(H,6,7). The zero-order valence-electron chi connectivity index (χ0n) is 11.6. The van der Waals surface area contributed by atoms with E-state index in [1.807, 2.05) is 0 Å². The molecule has 0 atom stereocenters. The highest BCUT2D eigenvalue weighted by molar-refractivity contribution is 9.10. The molecular weight excluding hydrogens is 426 g/mol. The number of rotatable bonds is 2. The van der Waals surface area contributed by atoms with Crippen LogP contribution in [0.4, 0.5) is 13.2 Å². The van der Waals surface area contributed by atoms with Crippen LogP contribution in [0, 0.1) is 0 Å². The highest BCUT2D eigenvalue weighted by Gasteiger charge is 2.38. The average molecular weight is 435 g/mol. The first-order valence-electron chi connectivity index (χ1n) is 5.79. The number of imidazole rings is 1. The lowest BCUT2D eigenvalue weighted by Crippen LogP contribution is -2.25. The van der Waals surface area contributed by atoms with Crippen LogP contribution in [-0.4, -0.2) is 42.4 Å². The van der Waals surface area contributed by atoms with Crippen LogP contribution in [0.15, 0.2) is 15.5 Å². The fourth-order valence-corrected chi connectivity index (χ4v) is 2.11. The lowest BCUT2D eigenvalue weighted by Gasteiger charge is -2.01. The van der Waals surface area contributed by atoms with Crippen molar-refractivity contribution in [2.24, 2.45) is 7.05 Å². The van der Waals surface area contributed by atoms with Crippen molar-refractivity contribution in [3.05, 3.63) is 26.2 Å². The molecule has 0 saturated heterocycles. The van der Waals surface area contributed by atoms with Gasteiger partial charge < -0.3 is 10.2 Å². The minimum absolute atomic E-state index is 0.272. The summed E-state index contributed by atoms with van der Waals surface area (Å²) in [5.41, 5.74) is 0.204. The van der Waals surface area contributed by atoms with E-state index >= 15 is 0 Å². The van der Waals surface area contributed by atoms with Gasteiger partial charge in [0.2, 0.25) is 0 Å². The molecule has 8 nitrogen and oxygen atoms in total. The van der Waals surface area contributed by atoms with Crippen molar-refractivity contribution >= 4 is 50.6 Å². The highest BCUT2D eigenvalue weighted by atomic mass is 79.9. The molecule has 2 N–H and O–H groups in total. The monoisotopic (exact) mass is 433 g/mol. The number of carboxylic acids is 2. The second-order valence-electron chi connectivity index (χ2n) is 4.22. The number of carbonyl (C=O) groups is 2. The average Bonchev–Trinajstić information content (AvgIpc) is 2.67. The zero-order chi connectivity index (χ0) is 18.8. The second kappa shape index (κ2) is 7.21. The lowest BCUT2D eigenvalue weighted by molar-refractivity contribution is -0.192. The molecule has 0 unspecified atom stereocenters. The summed E-state index contributed by atoms with van der Waals surface area (Å²) in [4.78, 5) is 35.5. The number of halogens is 5. The molecule has 2 rings (SSSR count). The van der Waals surface area contributed by atoms with Crippen LogP contribution in [0.25, 0.3) is 11.2 Å². The predicted molar refractivity (Wildman–Crippen MR) is 79.0 cm³/mol. The van der Waals surface area contributed by atoms with E-state index in [-0.39, 0.29) is 5.02 Å². The van der Waals surface area contributed by atoms with Crippen molar-refractivity contribution in [2.75, 3.05) is 0 Å². The Bertz CT molecular complexity index is 861. The number of nitrogens with zero attached hydrogens (tertiary/aromatic N) is 3. The Hall–Kier alpha value is -2.08. The predicted octanol–water partition coefficient (Wildman–Crippen LogP) is 1.87. The summed E-state index contributed by atoms with van der Waals surface area (Å²) in [5.74, 6) is -3.87. The van der Waals surface area contributed by atoms with Gasteiger partial charge in [-0.3, -0.25) is 13.9 Å². The molecule has 24 heavy (non-hydrogen) atoms. The van der Waals surface area contributed by atoms with E-state index in [0.29, 0.717) is 15.6 Å². The number of pyridine rings is 1. The van der Waals surface area contributed by atoms with E-state index in [2.05, 4.69) is 20.9 Å². The molecule has 0 amide bonds. The van der Waals surface area contributed by atoms with Gasteiger partial charge in [-0.2, -0.15) is 13.2 Å². The van der Waals surface area contributed by atoms with Gasteiger partial charge in [-0.05, 0) is 15.9 Å². The Morgan fingerprint density at radius 2 is 1.88 bits per heavy atom. The first kappa shape index (κ1) is 20.0. The van der Waals surface area contributed by atoms with Crippen LogP contribution in [0.1, 0.15) is 0 Å². The van der Waals surface area contributed by atoms with Crippen LogP contribution < -0.4 is 5.69 Å². The molecule has 0 spiro atoms. The molecule has 2 aromatic rings. The van der Waals surface area contributed by atoms with Gasteiger partial charge in [0.05, 0.1) is 9.50 Å². The summed E-state index contributed by atoms with van der Waals surface area (Å²) in [6, 6.07) is 0. The largest absolute Gasteiger partial charge is 0.490 e. The van der Waals surface area contributed by atoms with Crippen LogP contribution in [-0.2, 0) is 23.2 Å². The smallest absolute Gasteiger partial charge is 0.480 e. The number of hydrogen-bond acceptors (Lipinski definition) is 4. The Morgan fingerprint density at radius 1 is 1.38 bits per heavy atom. The van der Waals surface area contributed by atoms with Gasteiger partial charge in [-0.25, -0.2) is 14.6 Å². The maximum absolute atomic E-state index is 11.8. The van der Waals surface area contributed by atoms with Gasteiger partial charge in [0.1, 0.15) is 12.1 Å². The molecule has 0 saturated carbocycles. The molecule has 0 fully saturated rings. The van der Waals surface area contributed by atoms with E-state index in [0.717, 1.165) is 4.57 Å². The first-order valence-corrected chi connectivity index (χ1v) is 6.96. The van der Waals surface area contributed by atoms with Gasteiger partial charge in [0.15, 0.2) is 5.65 Å². The third-order valence-electron chi connectivity index (χ3n) is 2.57. The molecular formula is C11H8BrClF3N3O5. The van der Waals surface area contributed by atoms with E-state index in [4.69, 9.17) is 26.6 Å². The normalized spacial score (nSPS) is 11.1. The Morgan fingerprint density at radius 3 is 2.29 bits per heavy atom. The number of fused-ring (bicyclic) bond motifs is 1. The van der Waals surface area contributed by atoms with Crippen LogP contribution in [0.5, 0.6) is 0 Å². The van der Waals surface area contributed by atoms with Gasteiger partial charge in [-0.15, -0.1) is 0 Å². The summed E-state index contributed by atoms with van der Waals surface area (Å²) in [7, 11) is 1.51. The fraction of sp³-hybridized carbons (Fsp3) is 0.273. The van der Waals surface area contributed by atoms with Crippen molar-refractivity contribution in [2.45, 2.75) is 12.7 Å². The Balaban J connectivity index is 0.000000351. The minimum Gasteiger partial charge on any atom is -0.480 e. The van der Waals surface area contributed by atoms with Crippen molar-refractivity contribution < 1.29 is 33.0 Å². The molecule has 0 aromatic carbocycles. The highest BCUT2D eigenvalue weighted by Crippen LogP contribution is 2.28. The van der Waals surface area contributed by atoms with Crippen LogP contribution >= 0.6 is 27.5 Å². The summed E-state index contributed by atoms with van der Waals surface area (Å²) in [6.45, 7) is -0.450. The number of aromatic nitrogens is 3. The minimum atomic E-state index is -5.08. The number of aryl methyl sites for hydroxylation is 1. The van der Waals surface area contributed by atoms with E-state index in [1.54, 1.807) is 0 Å². The van der Waals surface area contributed by atoms with Crippen molar-refractivity contribution in [1.82, 2.24) is 14.1 Å². The number of alkyl halides is 3. The van der Waals surface area contributed by atoms with Crippen molar-refractivity contribution in [1.29, 1.82) is 0 Å². The third kappa shape index (κ3) is 4.26. The first-order chi connectivity index (χ1) is 10.9. The molecule has 132 valence electrons. The van der Waals surface area contributed by atoms with Crippen molar-refractivity contribution in [3.63, 3.8) is 0 Å². The maximum Gasteiger partial charge on any atom is 0.490 e. The van der Waals surface area contributed by atoms with Gasteiger partial charge in [-0.1, -0.05) is 11.6 Å². The summed E-state index contributed by atoms with van der Waals surface area (Å²) >= 11 is 9.23. The van der Waals surface area contributed by atoms with Gasteiger partial charge in [0.25, 0.3) is 0 Å².